The molecule has 1 aromatic rings. The van der Waals surface area contributed by atoms with Gasteiger partial charge in [-0.15, -0.1) is 11.8 Å². The summed E-state index contributed by atoms with van der Waals surface area (Å²) < 4.78 is 5.19. The van der Waals surface area contributed by atoms with Gasteiger partial charge < -0.3 is 14.8 Å². The molecule has 1 unspecified atom stereocenters. The van der Waals surface area contributed by atoms with Gasteiger partial charge in [-0.25, -0.2) is 0 Å². The average molecular weight is 215 g/mol. The zero-order valence-corrected chi connectivity index (χ0v) is 9.43. The molecule has 0 saturated carbocycles. The molecule has 0 spiro atoms. The van der Waals surface area contributed by atoms with E-state index in [1.807, 2.05) is 20.0 Å². The van der Waals surface area contributed by atoms with Gasteiger partial charge in [0.15, 0.2) is 0 Å². The van der Waals surface area contributed by atoms with Crippen molar-refractivity contribution in [3.05, 3.63) is 18.1 Å². The summed E-state index contributed by atoms with van der Waals surface area (Å²) in [5.41, 5.74) is 0. The summed E-state index contributed by atoms with van der Waals surface area (Å²) in [5.74, 6) is 1.96. The molecule has 80 valence electrons. The van der Waals surface area contributed by atoms with Crippen molar-refractivity contribution in [1.82, 2.24) is 5.32 Å². The Balaban J connectivity index is 2.24. The van der Waals surface area contributed by atoms with Gasteiger partial charge in [-0.05, 0) is 32.2 Å². The molecule has 0 aliphatic rings. The predicted molar refractivity (Wildman–Crippen MR) is 58.7 cm³/mol. The maximum absolute atomic E-state index is 8.95. The first-order chi connectivity index (χ1) is 6.77. The minimum atomic E-state index is 0.196. The zero-order chi connectivity index (χ0) is 10.4. The fraction of sp³-hybridized carbons (Fsp3) is 0.600. The SMILES string of the molecule is CNC(CO)CCSc1ccoc1C. The van der Waals surface area contributed by atoms with Crippen molar-refractivity contribution in [2.45, 2.75) is 24.3 Å². The van der Waals surface area contributed by atoms with E-state index in [1.165, 1.54) is 4.90 Å². The van der Waals surface area contributed by atoms with E-state index in [9.17, 15) is 0 Å². The van der Waals surface area contributed by atoms with Crippen molar-refractivity contribution < 1.29 is 9.52 Å². The second-order valence-corrected chi connectivity index (χ2v) is 4.28. The van der Waals surface area contributed by atoms with Crippen LogP contribution in [-0.4, -0.2) is 30.6 Å². The van der Waals surface area contributed by atoms with Crippen molar-refractivity contribution >= 4 is 11.8 Å². The maximum atomic E-state index is 8.95. The predicted octanol–water partition coefficient (Wildman–Crippen LogP) is 1.65. The van der Waals surface area contributed by atoms with Crippen LogP contribution in [0.1, 0.15) is 12.2 Å². The summed E-state index contributed by atoms with van der Waals surface area (Å²) in [6.07, 6.45) is 2.67. The number of thioether (sulfide) groups is 1. The topological polar surface area (TPSA) is 45.4 Å². The highest BCUT2D eigenvalue weighted by Crippen LogP contribution is 2.23. The van der Waals surface area contributed by atoms with Crippen LogP contribution < -0.4 is 5.32 Å². The van der Waals surface area contributed by atoms with Crippen LogP contribution in [0.25, 0.3) is 0 Å². The molecule has 1 atom stereocenters. The molecule has 0 fully saturated rings. The van der Waals surface area contributed by atoms with Gasteiger partial charge in [0.05, 0.1) is 12.9 Å². The highest BCUT2D eigenvalue weighted by Gasteiger charge is 2.06. The second kappa shape index (κ2) is 6.11. The zero-order valence-electron chi connectivity index (χ0n) is 8.62. The van der Waals surface area contributed by atoms with Gasteiger partial charge in [0.2, 0.25) is 0 Å². The fourth-order valence-electron chi connectivity index (χ4n) is 1.16. The van der Waals surface area contributed by atoms with E-state index < -0.39 is 0 Å². The van der Waals surface area contributed by atoms with Crippen molar-refractivity contribution in [3.63, 3.8) is 0 Å². The molecule has 0 aromatic carbocycles. The van der Waals surface area contributed by atoms with Crippen molar-refractivity contribution in [2.24, 2.45) is 0 Å². The molecule has 0 aliphatic heterocycles. The normalized spacial score (nSPS) is 13.1. The van der Waals surface area contributed by atoms with E-state index in [4.69, 9.17) is 9.52 Å². The third kappa shape index (κ3) is 3.36. The fourth-order valence-corrected chi connectivity index (χ4v) is 2.19. The first-order valence-corrected chi connectivity index (χ1v) is 5.71. The molecular formula is C10H17NO2S. The molecule has 3 nitrogen and oxygen atoms in total. The van der Waals surface area contributed by atoms with Gasteiger partial charge in [-0.1, -0.05) is 0 Å². The van der Waals surface area contributed by atoms with Gasteiger partial charge in [0, 0.05) is 10.9 Å². The minimum absolute atomic E-state index is 0.196. The number of aliphatic hydroxyl groups excluding tert-OH is 1. The summed E-state index contributed by atoms with van der Waals surface area (Å²) in [5, 5.41) is 12.0. The Bertz CT molecular complexity index is 258. The summed E-state index contributed by atoms with van der Waals surface area (Å²) in [6, 6.07) is 2.18. The number of rotatable bonds is 6. The van der Waals surface area contributed by atoms with Crippen LogP contribution in [0.4, 0.5) is 0 Å². The average Bonchev–Trinajstić information content (AvgIpc) is 2.59. The Kier molecular flexibility index (Phi) is 5.07. The molecule has 0 saturated heterocycles. The van der Waals surface area contributed by atoms with Gasteiger partial charge in [0.25, 0.3) is 0 Å². The Morgan fingerprint density at radius 1 is 1.64 bits per heavy atom. The molecule has 0 radical (unpaired) electrons. The lowest BCUT2D eigenvalue weighted by Gasteiger charge is -2.11. The maximum Gasteiger partial charge on any atom is 0.114 e. The van der Waals surface area contributed by atoms with E-state index in [1.54, 1.807) is 18.0 Å². The lowest BCUT2D eigenvalue weighted by atomic mass is 10.2. The Hall–Kier alpha value is -0.450. The molecule has 14 heavy (non-hydrogen) atoms. The van der Waals surface area contributed by atoms with E-state index in [2.05, 4.69) is 5.32 Å². The lowest BCUT2D eigenvalue weighted by Crippen LogP contribution is -2.29. The molecule has 0 bridgehead atoms. The van der Waals surface area contributed by atoms with E-state index >= 15 is 0 Å². The van der Waals surface area contributed by atoms with Crippen molar-refractivity contribution in [3.8, 4) is 0 Å². The number of aliphatic hydroxyl groups is 1. The molecule has 2 N–H and O–H groups in total. The van der Waals surface area contributed by atoms with Crippen LogP contribution in [0.3, 0.4) is 0 Å². The van der Waals surface area contributed by atoms with Crippen LogP contribution in [0.5, 0.6) is 0 Å². The van der Waals surface area contributed by atoms with Crippen LogP contribution in [0, 0.1) is 6.92 Å². The number of aryl methyl sites for hydroxylation is 1. The minimum Gasteiger partial charge on any atom is -0.468 e. The first-order valence-electron chi connectivity index (χ1n) is 4.73. The molecule has 1 aromatic heterocycles. The van der Waals surface area contributed by atoms with Crippen molar-refractivity contribution in [1.29, 1.82) is 0 Å². The molecule has 1 heterocycles. The third-order valence-electron chi connectivity index (χ3n) is 2.16. The largest absolute Gasteiger partial charge is 0.468 e. The summed E-state index contributed by atoms with van der Waals surface area (Å²) in [7, 11) is 1.87. The quantitative estimate of drug-likeness (QED) is 0.708. The van der Waals surface area contributed by atoms with E-state index in [0.29, 0.717) is 0 Å². The number of furan rings is 1. The number of likely N-dealkylation sites (N-methyl/N-ethyl adjacent to an activating group) is 1. The number of hydrogen-bond donors (Lipinski definition) is 2. The summed E-state index contributed by atoms with van der Waals surface area (Å²) in [6.45, 7) is 2.16. The number of nitrogens with one attached hydrogen (secondary N) is 1. The Morgan fingerprint density at radius 2 is 2.43 bits per heavy atom. The van der Waals surface area contributed by atoms with Crippen LogP contribution >= 0.6 is 11.8 Å². The second-order valence-electron chi connectivity index (χ2n) is 3.15. The van der Waals surface area contributed by atoms with Crippen LogP contribution in [0.2, 0.25) is 0 Å². The molecule has 0 amide bonds. The van der Waals surface area contributed by atoms with Gasteiger partial charge in [0.1, 0.15) is 5.76 Å². The summed E-state index contributed by atoms with van der Waals surface area (Å²) in [4.78, 5) is 1.19. The van der Waals surface area contributed by atoms with Crippen LogP contribution in [0.15, 0.2) is 21.6 Å². The third-order valence-corrected chi connectivity index (χ3v) is 3.34. The Labute approximate surface area is 88.9 Å². The Morgan fingerprint density at radius 3 is 2.93 bits per heavy atom. The van der Waals surface area contributed by atoms with Gasteiger partial charge in [-0.3, -0.25) is 0 Å². The molecule has 1 rings (SSSR count). The molecule has 0 aliphatic carbocycles. The highest BCUT2D eigenvalue weighted by molar-refractivity contribution is 7.99. The lowest BCUT2D eigenvalue weighted by molar-refractivity contribution is 0.246. The van der Waals surface area contributed by atoms with Gasteiger partial charge in [-0.2, -0.15) is 0 Å². The highest BCUT2D eigenvalue weighted by atomic mass is 32.2. The van der Waals surface area contributed by atoms with E-state index in [-0.39, 0.29) is 12.6 Å². The first kappa shape index (κ1) is 11.6. The molecular weight excluding hydrogens is 198 g/mol. The van der Waals surface area contributed by atoms with Crippen LogP contribution in [-0.2, 0) is 0 Å². The summed E-state index contributed by atoms with van der Waals surface area (Å²) >= 11 is 1.77. The van der Waals surface area contributed by atoms with Gasteiger partial charge >= 0.3 is 0 Å². The van der Waals surface area contributed by atoms with Crippen molar-refractivity contribution in [2.75, 3.05) is 19.4 Å². The monoisotopic (exact) mass is 215 g/mol. The molecule has 4 heteroatoms. The number of hydrogen-bond acceptors (Lipinski definition) is 4. The smallest absolute Gasteiger partial charge is 0.114 e. The van der Waals surface area contributed by atoms with E-state index in [0.717, 1.165) is 17.9 Å². The standard InChI is InChI=1S/C10H17NO2S/c1-8-10(3-5-13-8)14-6-4-9(7-12)11-2/h3,5,9,11-12H,4,6-7H2,1-2H3.